The molecule has 1 atom stereocenters. The Balaban J connectivity index is 1.83. The van der Waals surface area contributed by atoms with Gasteiger partial charge in [0.1, 0.15) is 11.6 Å². The zero-order valence-electron chi connectivity index (χ0n) is 14.2. The van der Waals surface area contributed by atoms with Crippen LogP contribution in [0.5, 0.6) is 5.75 Å². The monoisotopic (exact) mass is 394 g/mol. The molecule has 0 aliphatic rings. The minimum atomic E-state index is -4.82. The van der Waals surface area contributed by atoms with Crippen LogP contribution in [0.3, 0.4) is 0 Å². The summed E-state index contributed by atoms with van der Waals surface area (Å²) in [6, 6.07) is 9.24. The molecule has 3 aromatic rings. The molecule has 1 amide bonds. The Morgan fingerprint density at radius 2 is 1.89 bits per heavy atom. The summed E-state index contributed by atoms with van der Waals surface area (Å²) in [5, 5.41) is 12.5. The van der Waals surface area contributed by atoms with Gasteiger partial charge in [-0.05, 0) is 35.9 Å². The van der Waals surface area contributed by atoms with Crippen LogP contribution >= 0.6 is 0 Å². The molecule has 28 heavy (non-hydrogen) atoms. The first-order valence-electron chi connectivity index (χ1n) is 8.08. The van der Waals surface area contributed by atoms with Crippen molar-refractivity contribution >= 4 is 16.8 Å². The summed E-state index contributed by atoms with van der Waals surface area (Å²) in [5.41, 5.74) is 0.608. The van der Waals surface area contributed by atoms with E-state index in [1.807, 2.05) is 0 Å². The summed E-state index contributed by atoms with van der Waals surface area (Å²) in [6.07, 6.45) is -3.36. The van der Waals surface area contributed by atoms with Crippen LogP contribution in [0.4, 0.5) is 17.6 Å². The zero-order valence-corrected chi connectivity index (χ0v) is 14.2. The number of fused-ring (bicyclic) bond motifs is 1. The van der Waals surface area contributed by atoms with Crippen LogP contribution in [0.1, 0.15) is 22.0 Å². The SMILES string of the molecule is O=C(N[C@@H](CO)c1ccc(OC(F)(F)F)cc1)c1cc(F)cc2cccnc12. The first-order chi connectivity index (χ1) is 13.3. The van der Waals surface area contributed by atoms with E-state index in [0.717, 1.165) is 18.2 Å². The largest absolute Gasteiger partial charge is 0.573 e. The average Bonchev–Trinajstić information content (AvgIpc) is 2.64. The summed E-state index contributed by atoms with van der Waals surface area (Å²) < 4.78 is 54.3. The molecule has 2 aromatic carbocycles. The van der Waals surface area contributed by atoms with Crippen LogP contribution in [0.15, 0.2) is 54.7 Å². The number of hydrogen-bond acceptors (Lipinski definition) is 4. The highest BCUT2D eigenvalue weighted by Crippen LogP contribution is 2.25. The molecule has 0 fully saturated rings. The second-order valence-electron chi connectivity index (χ2n) is 5.85. The van der Waals surface area contributed by atoms with E-state index in [4.69, 9.17) is 0 Å². The number of rotatable bonds is 5. The smallest absolute Gasteiger partial charge is 0.406 e. The number of amides is 1. The lowest BCUT2D eigenvalue weighted by atomic mass is 10.1. The lowest BCUT2D eigenvalue weighted by Crippen LogP contribution is -2.31. The normalized spacial score (nSPS) is 12.6. The number of alkyl halides is 3. The van der Waals surface area contributed by atoms with E-state index in [9.17, 15) is 27.5 Å². The van der Waals surface area contributed by atoms with Crippen LogP contribution in [0, 0.1) is 5.82 Å². The van der Waals surface area contributed by atoms with Gasteiger partial charge in [0, 0.05) is 11.6 Å². The van der Waals surface area contributed by atoms with Crippen LogP contribution in [-0.2, 0) is 0 Å². The molecule has 1 aromatic heterocycles. The third-order valence-corrected chi connectivity index (χ3v) is 3.92. The minimum Gasteiger partial charge on any atom is -0.406 e. The number of hydrogen-bond donors (Lipinski definition) is 2. The average molecular weight is 394 g/mol. The zero-order chi connectivity index (χ0) is 20.3. The highest BCUT2D eigenvalue weighted by atomic mass is 19.4. The molecule has 0 saturated heterocycles. The number of halogens is 4. The lowest BCUT2D eigenvalue weighted by molar-refractivity contribution is -0.274. The van der Waals surface area contributed by atoms with Gasteiger partial charge in [-0.15, -0.1) is 13.2 Å². The number of carbonyl (C=O) groups excluding carboxylic acids is 1. The van der Waals surface area contributed by atoms with Gasteiger partial charge < -0.3 is 15.2 Å². The number of pyridine rings is 1. The number of aliphatic hydroxyl groups excluding tert-OH is 1. The molecule has 0 aliphatic carbocycles. The highest BCUT2D eigenvalue weighted by Gasteiger charge is 2.31. The first-order valence-corrected chi connectivity index (χ1v) is 8.08. The first kappa shape index (κ1) is 19.6. The molecule has 0 radical (unpaired) electrons. The molecule has 3 rings (SSSR count). The summed E-state index contributed by atoms with van der Waals surface area (Å²) in [7, 11) is 0. The van der Waals surface area contributed by atoms with Gasteiger partial charge in [0.2, 0.25) is 0 Å². The Morgan fingerprint density at radius 3 is 2.54 bits per heavy atom. The van der Waals surface area contributed by atoms with Gasteiger partial charge in [-0.1, -0.05) is 18.2 Å². The number of aromatic nitrogens is 1. The number of nitrogens with one attached hydrogen (secondary N) is 1. The van der Waals surface area contributed by atoms with Crippen molar-refractivity contribution in [2.75, 3.05) is 6.61 Å². The second kappa shape index (κ2) is 7.81. The van der Waals surface area contributed by atoms with E-state index in [0.29, 0.717) is 10.9 Å². The van der Waals surface area contributed by atoms with Crippen molar-refractivity contribution in [3.05, 3.63) is 71.7 Å². The number of benzene rings is 2. The number of nitrogens with zero attached hydrogens (tertiary/aromatic N) is 1. The summed E-state index contributed by atoms with van der Waals surface area (Å²) in [6.45, 7) is -0.522. The summed E-state index contributed by atoms with van der Waals surface area (Å²) in [4.78, 5) is 16.7. The molecule has 0 bridgehead atoms. The van der Waals surface area contributed by atoms with Crippen molar-refractivity contribution in [2.24, 2.45) is 0 Å². The summed E-state index contributed by atoms with van der Waals surface area (Å²) >= 11 is 0. The maximum absolute atomic E-state index is 13.8. The van der Waals surface area contributed by atoms with Crippen LogP contribution in [0.2, 0.25) is 0 Å². The van der Waals surface area contributed by atoms with Crippen molar-refractivity contribution in [3.8, 4) is 5.75 Å². The van der Waals surface area contributed by atoms with Crippen LogP contribution in [0.25, 0.3) is 10.9 Å². The lowest BCUT2D eigenvalue weighted by Gasteiger charge is -2.18. The topological polar surface area (TPSA) is 71.5 Å². The molecule has 146 valence electrons. The molecule has 0 unspecified atom stereocenters. The molecule has 5 nitrogen and oxygen atoms in total. The van der Waals surface area contributed by atoms with Gasteiger partial charge in [-0.3, -0.25) is 9.78 Å². The fourth-order valence-electron chi connectivity index (χ4n) is 2.70. The third kappa shape index (κ3) is 4.55. The second-order valence-corrected chi connectivity index (χ2v) is 5.85. The maximum atomic E-state index is 13.8. The van der Waals surface area contributed by atoms with Gasteiger partial charge in [-0.25, -0.2) is 4.39 Å². The summed E-state index contributed by atoms with van der Waals surface area (Å²) in [5.74, 6) is -1.74. The Labute approximate surface area is 156 Å². The molecule has 1 heterocycles. The fraction of sp³-hybridized carbons (Fsp3) is 0.158. The van der Waals surface area contributed by atoms with Crippen molar-refractivity contribution in [3.63, 3.8) is 0 Å². The van der Waals surface area contributed by atoms with E-state index in [-0.39, 0.29) is 11.1 Å². The Hall–Kier alpha value is -3.20. The third-order valence-electron chi connectivity index (χ3n) is 3.92. The van der Waals surface area contributed by atoms with Gasteiger partial charge in [0.15, 0.2) is 0 Å². The molecule has 2 N–H and O–H groups in total. The van der Waals surface area contributed by atoms with E-state index in [1.165, 1.54) is 24.4 Å². The van der Waals surface area contributed by atoms with Gasteiger partial charge in [0.05, 0.1) is 23.7 Å². The van der Waals surface area contributed by atoms with Crippen molar-refractivity contribution in [1.29, 1.82) is 0 Å². The van der Waals surface area contributed by atoms with Crippen molar-refractivity contribution in [1.82, 2.24) is 10.3 Å². The predicted octanol–water partition coefficient (Wildman–Crippen LogP) is 3.74. The maximum Gasteiger partial charge on any atom is 0.573 e. The van der Waals surface area contributed by atoms with E-state index < -0.39 is 36.5 Å². The van der Waals surface area contributed by atoms with Crippen LogP contribution in [-0.4, -0.2) is 29.0 Å². The Bertz CT molecular complexity index is 991. The Kier molecular flexibility index (Phi) is 5.46. The van der Waals surface area contributed by atoms with E-state index in [2.05, 4.69) is 15.0 Å². The number of aliphatic hydroxyl groups is 1. The predicted molar refractivity (Wildman–Crippen MR) is 92.1 cm³/mol. The van der Waals surface area contributed by atoms with E-state index >= 15 is 0 Å². The van der Waals surface area contributed by atoms with Gasteiger partial charge >= 0.3 is 6.36 Å². The molecule has 0 spiro atoms. The Morgan fingerprint density at radius 1 is 1.18 bits per heavy atom. The highest BCUT2D eigenvalue weighted by molar-refractivity contribution is 6.05. The van der Waals surface area contributed by atoms with Crippen molar-refractivity contribution < 1.29 is 32.2 Å². The van der Waals surface area contributed by atoms with Gasteiger partial charge in [-0.2, -0.15) is 0 Å². The number of carbonyl (C=O) groups is 1. The van der Waals surface area contributed by atoms with Crippen molar-refractivity contribution in [2.45, 2.75) is 12.4 Å². The molecular weight excluding hydrogens is 380 g/mol. The fourth-order valence-corrected chi connectivity index (χ4v) is 2.70. The number of ether oxygens (including phenoxy) is 1. The minimum absolute atomic E-state index is 0.0222. The van der Waals surface area contributed by atoms with Crippen LogP contribution < -0.4 is 10.1 Å². The van der Waals surface area contributed by atoms with Gasteiger partial charge in [0.25, 0.3) is 5.91 Å². The standard InChI is InChI=1S/C19H14F4N2O3/c20-13-8-12-2-1-7-24-17(12)15(9-13)18(27)25-16(10-26)11-3-5-14(6-4-11)28-19(21,22)23/h1-9,16,26H,10H2,(H,25,27)/t16-/m0/s1. The quantitative estimate of drug-likeness (QED) is 0.647. The van der Waals surface area contributed by atoms with E-state index in [1.54, 1.807) is 12.1 Å². The molecule has 0 aliphatic heterocycles. The molecule has 9 heteroatoms. The molecule has 0 saturated carbocycles. The molecular formula is C19H14F4N2O3.